The predicted octanol–water partition coefficient (Wildman–Crippen LogP) is 2.04. The maximum atomic E-state index is 12.0. The highest BCUT2D eigenvalue weighted by atomic mass is 35.5. The standard InChI is InChI=1S/C12H17ClN2O2S.ClH/c13-11-1-3-12(4-2-11)18(16,17)15-9-10-5-7-14-8-6-10;/h1-4,10,14-15H,5-9H2;1H. The molecule has 0 amide bonds. The minimum atomic E-state index is -3.41. The lowest BCUT2D eigenvalue weighted by Crippen LogP contribution is -2.35. The molecule has 1 aromatic carbocycles. The van der Waals surface area contributed by atoms with Gasteiger partial charge in [-0.25, -0.2) is 13.1 Å². The maximum absolute atomic E-state index is 12.0. The number of sulfonamides is 1. The summed E-state index contributed by atoms with van der Waals surface area (Å²) in [6.45, 7) is 2.44. The molecule has 0 aromatic heterocycles. The first-order valence-corrected chi connectivity index (χ1v) is 7.90. The van der Waals surface area contributed by atoms with Gasteiger partial charge in [-0.05, 0) is 56.1 Å². The van der Waals surface area contributed by atoms with Crippen molar-refractivity contribution in [3.63, 3.8) is 0 Å². The molecule has 1 aliphatic rings. The quantitative estimate of drug-likeness (QED) is 0.891. The second-order valence-corrected chi connectivity index (χ2v) is 6.70. The Morgan fingerprint density at radius 1 is 1.21 bits per heavy atom. The number of benzene rings is 1. The fourth-order valence-electron chi connectivity index (χ4n) is 2.01. The normalized spacial score (nSPS) is 16.9. The fraction of sp³-hybridized carbons (Fsp3) is 0.500. The monoisotopic (exact) mass is 324 g/mol. The number of rotatable bonds is 4. The molecule has 1 fully saturated rings. The van der Waals surface area contributed by atoms with Crippen LogP contribution in [0.2, 0.25) is 5.02 Å². The SMILES string of the molecule is Cl.O=S(=O)(NCC1CCNCC1)c1ccc(Cl)cc1. The number of hydrogen-bond acceptors (Lipinski definition) is 3. The molecule has 7 heteroatoms. The summed E-state index contributed by atoms with van der Waals surface area (Å²) in [7, 11) is -3.41. The molecular weight excluding hydrogens is 307 g/mol. The third-order valence-electron chi connectivity index (χ3n) is 3.14. The molecule has 0 aliphatic carbocycles. The van der Waals surface area contributed by atoms with Crippen molar-refractivity contribution < 1.29 is 8.42 Å². The summed E-state index contributed by atoms with van der Waals surface area (Å²) in [5.74, 6) is 0.424. The molecule has 0 saturated carbocycles. The average molecular weight is 325 g/mol. The minimum absolute atomic E-state index is 0. The highest BCUT2D eigenvalue weighted by Crippen LogP contribution is 2.15. The summed E-state index contributed by atoms with van der Waals surface area (Å²) >= 11 is 5.74. The van der Waals surface area contributed by atoms with Crippen molar-refractivity contribution >= 4 is 34.0 Å². The Labute approximate surface area is 125 Å². The van der Waals surface area contributed by atoms with E-state index in [2.05, 4.69) is 10.0 Å². The number of nitrogens with one attached hydrogen (secondary N) is 2. The lowest BCUT2D eigenvalue weighted by Gasteiger charge is -2.22. The first-order chi connectivity index (χ1) is 8.58. The van der Waals surface area contributed by atoms with Gasteiger partial charge in [0.1, 0.15) is 0 Å². The molecular formula is C12H18Cl2N2O2S. The van der Waals surface area contributed by atoms with Crippen molar-refractivity contribution in [3.8, 4) is 0 Å². The van der Waals surface area contributed by atoms with Gasteiger partial charge in [-0.3, -0.25) is 0 Å². The maximum Gasteiger partial charge on any atom is 0.240 e. The third-order valence-corrected chi connectivity index (χ3v) is 4.84. The minimum Gasteiger partial charge on any atom is -0.317 e. The number of halogens is 2. The van der Waals surface area contributed by atoms with Crippen LogP contribution in [0.4, 0.5) is 0 Å². The van der Waals surface area contributed by atoms with E-state index in [1.54, 1.807) is 12.1 Å². The Hall–Kier alpha value is -0.330. The van der Waals surface area contributed by atoms with E-state index < -0.39 is 10.0 Å². The number of piperidine rings is 1. The van der Waals surface area contributed by atoms with Gasteiger partial charge < -0.3 is 5.32 Å². The summed E-state index contributed by atoms with van der Waals surface area (Å²) < 4.78 is 26.7. The molecule has 1 aromatic rings. The molecule has 4 nitrogen and oxygen atoms in total. The Kier molecular flexibility index (Phi) is 6.56. The van der Waals surface area contributed by atoms with Crippen LogP contribution in [0, 0.1) is 5.92 Å². The van der Waals surface area contributed by atoms with E-state index in [1.807, 2.05) is 0 Å². The molecule has 108 valence electrons. The lowest BCUT2D eigenvalue weighted by atomic mass is 9.99. The summed E-state index contributed by atoms with van der Waals surface area (Å²) in [4.78, 5) is 0.265. The zero-order chi connectivity index (χ0) is 13.0. The van der Waals surface area contributed by atoms with E-state index in [1.165, 1.54) is 12.1 Å². The van der Waals surface area contributed by atoms with Crippen LogP contribution in [0.3, 0.4) is 0 Å². The van der Waals surface area contributed by atoms with Gasteiger partial charge in [0, 0.05) is 11.6 Å². The van der Waals surface area contributed by atoms with Gasteiger partial charge in [-0.2, -0.15) is 0 Å². The molecule has 0 unspecified atom stereocenters. The smallest absolute Gasteiger partial charge is 0.240 e. The van der Waals surface area contributed by atoms with Crippen LogP contribution >= 0.6 is 24.0 Å². The van der Waals surface area contributed by atoms with Gasteiger partial charge >= 0.3 is 0 Å². The highest BCUT2D eigenvalue weighted by Gasteiger charge is 2.18. The van der Waals surface area contributed by atoms with Crippen molar-refractivity contribution in [2.45, 2.75) is 17.7 Å². The van der Waals surface area contributed by atoms with Crippen LogP contribution in [0.5, 0.6) is 0 Å². The molecule has 19 heavy (non-hydrogen) atoms. The van der Waals surface area contributed by atoms with E-state index in [-0.39, 0.29) is 17.3 Å². The molecule has 0 spiro atoms. The van der Waals surface area contributed by atoms with Gasteiger partial charge in [0.2, 0.25) is 10.0 Å². The number of hydrogen-bond donors (Lipinski definition) is 2. The van der Waals surface area contributed by atoms with E-state index in [0.29, 0.717) is 17.5 Å². The lowest BCUT2D eigenvalue weighted by molar-refractivity contribution is 0.372. The first-order valence-electron chi connectivity index (χ1n) is 6.04. The Morgan fingerprint density at radius 3 is 2.37 bits per heavy atom. The van der Waals surface area contributed by atoms with Crippen LogP contribution in [0.15, 0.2) is 29.2 Å². The van der Waals surface area contributed by atoms with Crippen molar-refractivity contribution in [2.24, 2.45) is 5.92 Å². The molecule has 2 N–H and O–H groups in total. The van der Waals surface area contributed by atoms with Gasteiger partial charge in [0.15, 0.2) is 0 Å². The van der Waals surface area contributed by atoms with E-state index in [4.69, 9.17) is 11.6 Å². The van der Waals surface area contributed by atoms with Crippen LogP contribution in [0.25, 0.3) is 0 Å². The zero-order valence-electron chi connectivity index (χ0n) is 10.4. The Bertz CT molecular complexity index is 485. The summed E-state index contributed by atoms with van der Waals surface area (Å²) in [6.07, 6.45) is 2.03. The highest BCUT2D eigenvalue weighted by molar-refractivity contribution is 7.89. The van der Waals surface area contributed by atoms with Crippen LogP contribution < -0.4 is 10.0 Å². The second-order valence-electron chi connectivity index (χ2n) is 4.50. The molecule has 0 bridgehead atoms. The Morgan fingerprint density at radius 2 is 1.79 bits per heavy atom. The van der Waals surface area contributed by atoms with Gasteiger partial charge in [0.25, 0.3) is 0 Å². The van der Waals surface area contributed by atoms with Crippen LogP contribution in [-0.4, -0.2) is 28.1 Å². The van der Waals surface area contributed by atoms with E-state index in [9.17, 15) is 8.42 Å². The van der Waals surface area contributed by atoms with Crippen molar-refractivity contribution in [1.82, 2.24) is 10.0 Å². The molecule has 0 radical (unpaired) electrons. The molecule has 0 atom stereocenters. The molecule has 1 heterocycles. The van der Waals surface area contributed by atoms with Crippen molar-refractivity contribution in [1.29, 1.82) is 0 Å². The van der Waals surface area contributed by atoms with Crippen molar-refractivity contribution in [2.75, 3.05) is 19.6 Å². The van der Waals surface area contributed by atoms with Gasteiger partial charge in [0.05, 0.1) is 4.90 Å². The first kappa shape index (κ1) is 16.7. The topological polar surface area (TPSA) is 58.2 Å². The van der Waals surface area contributed by atoms with Crippen molar-refractivity contribution in [3.05, 3.63) is 29.3 Å². The second kappa shape index (κ2) is 7.45. The van der Waals surface area contributed by atoms with Crippen LogP contribution in [0.1, 0.15) is 12.8 Å². The predicted molar refractivity (Wildman–Crippen MR) is 79.5 cm³/mol. The van der Waals surface area contributed by atoms with E-state index in [0.717, 1.165) is 25.9 Å². The Balaban J connectivity index is 0.00000180. The summed E-state index contributed by atoms with van der Waals surface area (Å²) in [5.41, 5.74) is 0. The summed E-state index contributed by atoms with van der Waals surface area (Å²) in [5, 5.41) is 3.79. The van der Waals surface area contributed by atoms with Gasteiger partial charge in [-0.1, -0.05) is 11.6 Å². The zero-order valence-corrected chi connectivity index (χ0v) is 12.8. The molecule has 1 aliphatic heterocycles. The van der Waals surface area contributed by atoms with Crippen LogP contribution in [-0.2, 0) is 10.0 Å². The molecule has 1 saturated heterocycles. The summed E-state index contributed by atoms with van der Waals surface area (Å²) in [6, 6.07) is 6.21. The van der Waals surface area contributed by atoms with Gasteiger partial charge in [-0.15, -0.1) is 12.4 Å². The largest absolute Gasteiger partial charge is 0.317 e. The molecule has 2 rings (SSSR count). The third kappa shape index (κ3) is 4.93. The fourth-order valence-corrected chi connectivity index (χ4v) is 3.25. The average Bonchev–Trinajstić information content (AvgIpc) is 2.38. The van der Waals surface area contributed by atoms with E-state index >= 15 is 0 Å².